The molecule has 1 atom stereocenters. The van der Waals surface area contributed by atoms with Gasteiger partial charge in [-0.25, -0.2) is 0 Å². The van der Waals surface area contributed by atoms with Crippen molar-refractivity contribution in [2.75, 3.05) is 30.5 Å². The van der Waals surface area contributed by atoms with Crippen LogP contribution >= 0.6 is 0 Å². The molecule has 1 unspecified atom stereocenters. The van der Waals surface area contributed by atoms with E-state index in [0.29, 0.717) is 22.7 Å². The van der Waals surface area contributed by atoms with E-state index in [2.05, 4.69) is 5.32 Å². The van der Waals surface area contributed by atoms with Crippen LogP contribution in [0.4, 0.5) is 11.4 Å². The Morgan fingerprint density at radius 1 is 1.24 bits per heavy atom. The second-order valence-corrected chi connectivity index (χ2v) is 6.46. The van der Waals surface area contributed by atoms with Gasteiger partial charge in [-0.1, -0.05) is 12.1 Å². The van der Waals surface area contributed by atoms with E-state index in [4.69, 9.17) is 14.7 Å². The minimum Gasteiger partial charge on any atom is -0.497 e. The number of methoxy groups -OCH3 is 1. The maximum atomic E-state index is 12.3. The summed E-state index contributed by atoms with van der Waals surface area (Å²) < 4.78 is 10.2. The van der Waals surface area contributed by atoms with E-state index >= 15 is 0 Å². The van der Waals surface area contributed by atoms with Crippen molar-refractivity contribution in [2.45, 2.75) is 6.42 Å². The van der Waals surface area contributed by atoms with Gasteiger partial charge in [0.05, 0.1) is 24.7 Å². The van der Waals surface area contributed by atoms with Crippen LogP contribution in [0.25, 0.3) is 0 Å². The molecule has 8 nitrogen and oxygen atoms in total. The maximum absolute atomic E-state index is 12.3. The van der Waals surface area contributed by atoms with E-state index in [9.17, 15) is 14.4 Å². The average molecular weight is 393 g/mol. The molecule has 0 radical (unpaired) electrons. The summed E-state index contributed by atoms with van der Waals surface area (Å²) in [4.78, 5) is 38.1. The first-order valence-corrected chi connectivity index (χ1v) is 8.91. The van der Waals surface area contributed by atoms with Crippen LogP contribution in [-0.2, 0) is 19.1 Å². The zero-order chi connectivity index (χ0) is 20.8. The second-order valence-electron chi connectivity index (χ2n) is 6.46. The van der Waals surface area contributed by atoms with Crippen LogP contribution in [0.5, 0.6) is 5.75 Å². The molecule has 1 fully saturated rings. The first kappa shape index (κ1) is 19.9. The van der Waals surface area contributed by atoms with Gasteiger partial charge in [-0.15, -0.1) is 0 Å². The smallest absolute Gasteiger partial charge is 0.311 e. The lowest BCUT2D eigenvalue weighted by Gasteiger charge is -2.17. The Bertz CT molecular complexity index is 982. The van der Waals surface area contributed by atoms with Crippen LogP contribution in [0, 0.1) is 17.2 Å². The summed E-state index contributed by atoms with van der Waals surface area (Å²) >= 11 is 0. The molecule has 2 amide bonds. The summed E-state index contributed by atoms with van der Waals surface area (Å²) in [5.74, 6) is -1.37. The number of esters is 1. The zero-order valence-electron chi connectivity index (χ0n) is 15.8. The number of carbonyl (C=O) groups excluding carboxylic acids is 3. The Morgan fingerprint density at radius 2 is 2.03 bits per heavy atom. The van der Waals surface area contributed by atoms with Crippen LogP contribution in [0.2, 0.25) is 0 Å². The third kappa shape index (κ3) is 4.90. The molecule has 1 heterocycles. The molecular weight excluding hydrogens is 374 g/mol. The number of nitrogens with zero attached hydrogens (tertiary/aromatic N) is 2. The highest BCUT2D eigenvalue weighted by molar-refractivity contribution is 6.00. The van der Waals surface area contributed by atoms with Gasteiger partial charge in [0.25, 0.3) is 5.91 Å². The fraction of sp³-hybridized carbons (Fsp3) is 0.238. The summed E-state index contributed by atoms with van der Waals surface area (Å²) in [5, 5.41) is 11.4. The lowest BCUT2D eigenvalue weighted by Crippen LogP contribution is -2.28. The van der Waals surface area contributed by atoms with Crippen molar-refractivity contribution in [3.05, 3.63) is 54.1 Å². The Morgan fingerprint density at radius 3 is 2.79 bits per heavy atom. The summed E-state index contributed by atoms with van der Waals surface area (Å²) in [6.45, 7) is -0.296. The summed E-state index contributed by atoms with van der Waals surface area (Å²) in [7, 11) is 1.53. The van der Waals surface area contributed by atoms with Crippen LogP contribution in [0.15, 0.2) is 48.5 Å². The number of ether oxygens (including phenoxy) is 2. The predicted molar refractivity (Wildman–Crippen MR) is 104 cm³/mol. The third-order valence-corrected chi connectivity index (χ3v) is 4.44. The largest absolute Gasteiger partial charge is 0.497 e. The summed E-state index contributed by atoms with van der Waals surface area (Å²) in [6.07, 6.45) is 0.0158. The lowest BCUT2D eigenvalue weighted by atomic mass is 10.1. The average Bonchev–Trinajstić information content (AvgIpc) is 3.14. The van der Waals surface area contributed by atoms with E-state index in [1.54, 1.807) is 42.5 Å². The number of rotatable bonds is 6. The van der Waals surface area contributed by atoms with E-state index in [1.165, 1.54) is 18.1 Å². The van der Waals surface area contributed by atoms with E-state index < -0.39 is 24.4 Å². The monoisotopic (exact) mass is 393 g/mol. The molecule has 148 valence electrons. The number of hydrogen-bond acceptors (Lipinski definition) is 6. The molecule has 1 aliphatic rings. The molecule has 2 aromatic rings. The van der Waals surface area contributed by atoms with Crippen molar-refractivity contribution >= 4 is 29.2 Å². The first-order valence-electron chi connectivity index (χ1n) is 8.91. The Kier molecular flexibility index (Phi) is 6.09. The number of nitrogens with one attached hydrogen (secondary N) is 1. The molecule has 1 saturated heterocycles. The molecule has 0 bridgehead atoms. The van der Waals surface area contributed by atoms with Gasteiger partial charge in [0, 0.05) is 30.4 Å². The normalized spacial score (nSPS) is 15.5. The van der Waals surface area contributed by atoms with Crippen LogP contribution in [0.1, 0.15) is 12.0 Å². The number of benzene rings is 2. The predicted octanol–water partition coefficient (Wildman–Crippen LogP) is 2.10. The van der Waals surface area contributed by atoms with Crippen molar-refractivity contribution < 1.29 is 23.9 Å². The van der Waals surface area contributed by atoms with Crippen molar-refractivity contribution in [1.29, 1.82) is 5.26 Å². The summed E-state index contributed by atoms with van der Waals surface area (Å²) in [6, 6.07) is 15.4. The van der Waals surface area contributed by atoms with Crippen molar-refractivity contribution in [3.8, 4) is 11.8 Å². The molecule has 0 aromatic heterocycles. The number of amides is 2. The Labute approximate surface area is 167 Å². The van der Waals surface area contributed by atoms with Crippen molar-refractivity contribution in [1.82, 2.24) is 0 Å². The second kappa shape index (κ2) is 8.89. The quantitative estimate of drug-likeness (QED) is 0.753. The minimum absolute atomic E-state index is 0.0158. The van der Waals surface area contributed by atoms with E-state index in [1.807, 2.05) is 6.07 Å². The fourth-order valence-electron chi connectivity index (χ4n) is 3.01. The molecule has 8 heteroatoms. The van der Waals surface area contributed by atoms with Gasteiger partial charge in [-0.05, 0) is 30.3 Å². The standard InChI is InChI=1S/C21H19N3O5/c1-28-18-7-3-6-17(10-18)24-12-15(9-20(24)26)21(27)29-13-19(25)23-16-5-2-4-14(8-16)11-22/h2-8,10,15H,9,12-13H2,1H3,(H,23,25). The van der Waals surface area contributed by atoms with Gasteiger partial charge in [-0.3, -0.25) is 14.4 Å². The highest BCUT2D eigenvalue weighted by atomic mass is 16.5. The first-order chi connectivity index (χ1) is 14.0. The lowest BCUT2D eigenvalue weighted by molar-refractivity contribution is -0.151. The minimum atomic E-state index is -0.650. The van der Waals surface area contributed by atoms with Crippen LogP contribution in [0.3, 0.4) is 0 Å². The molecule has 2 aromatic carbocycles. The van der Waals surface area contributed by atoms with Crippen molar-refractivity contribution in [2.24, 2.45) is 5.92 Å². The molecule has 1 aliphatic heterocycles. The number of nitriles is 1. The molecule has 0 aliphatic carbocycles. The van der Waals surface area contributed by atoms with Gasteiger partial charge in [-0.2, -0.15) is 5.26 Å². The van der Waals surface area contributed by atoms with E-state index in [-0.39, 0.29) is 18.9 Å². The van der Waals surface area contributed by atoms with Gasteiger partial charge in [0.2, 0.25) is 5.91 Å². The molecular formula is C21H19N3O5. The summed E-state index contributed by atoms with van der Waals surface area (Å²) in [5.41, 5.74) is 1.48. The van der Waals surface area contributed by atoms with Gasteiger partial charge in [0.15, 0.2) is 6.61 Å². The molecule has 0 saturated carbocycles. The molecule has 3 rings (SSSR count). The third-order valence-electron chi connectivity index (χ3n) is 4.44. The fourth-order valence-corrected chi connectivity index (χ4v) is 3.01. The molecule has 29 heavy (non-hydrogen) atoms. The molecule has 0 spiro atoms. The zero-order valence-corrected chi connectivity index (χ0v) is 15.8. The van der Waals surface area contributed by atoms with Gasteiger partial charge < -0.3 is 19.7 Å². The van der Waals surface area contributed by atoms with Gasteiger partial charge in [0.1, 0.15) is 5.75 Å². The Balaban J connectivity index is 1.53. The highest BCUT2D eigenvalue weighted by Crippen LogP contribution is 2.28. The van der Waals surface area contributed by atoms with Crippen molar-refractivity contribution in [3.63, 3.8) is 0 Å². The maximum Gasteiger partial charge on any atom is 0.311 e. The van der Waals surface area contributed by atoms with E-state index in [0.717, 1.165) is 0 Å². The Hall–Kier alpha value is -3.86. The highest BCUT2D eigenvalue weighted by Gasteiger charge is 2.36. The molecule has 1 N–H and O–H groups in total. The number of anilines is 2. The van der Waals surface area contributed by atoms with Gasteiger partial charge >= 0.3 is 5.97 Å². The van der Waals surface area contributed by atoms with Crippen LogP contribution in [-0.4, -0.2) is 38.0 Å². The topological polar surface area (TPSA) is 109 Å². The SMILES string of the molecule is COc1cccc(N2CC(C(=O)OCC(=O)Nc3cccc(C#N)c3)CC2=O)c1. The number of carbonyl (C=O) groups is 3. The van der Waals surface area contributed by atoms with Crippen LogP contribution < -0.4 is 15.0 Å². The number of hydrogen-bond donors (Lipinski definition) is 1.